The molecule has 0 bridgehead atoms. The van der Waals surface area contributed by atoms with Gasteiger partial charge in [0.15, 0.2) is 5.82 Å². The molecule has 2 N–H and O–H groups in total. The minimum atomic E-state index is -0.282. The van der Waals surface area contributed by atoms with Gasteiger partial charge < -0.3 is 15.2 Å². The zero-order valence-corrected chi connectivity index (χ0v) is 15.0. The van der Waals surface area contributed by atoms with Gasteiger partial charge in [-0.15, -0.1) is 11.3 Å². The predicted octanol–water partition coefficient (Wildman–Crippen LogP) is 3.00. The smallest absolute Gasteiger partial charge is 0.251 e. The lowest BCUT2D eigenvalue weighted by Gasteiger charge is -2.06. The summed E-state index contributed by atoms with van der Waals surface area (Å²) in [5, 5.41) is 11.4. The minimum absolute atomic E-state index is 0.105. The van der Waals surface area contributed by atoms with E-state index >= 15 is 0 Å². The zero-order chi connectivity index (χ0) is 18.4. The minimum Gasteiger partial charge on any atom is -0.343 e. The lowest BCUT2D eigenvalue weighted by atomic mass is 10.2. The molecule has 0 spiro atoms. The van der Waals surface area contributed by atoms with E-state index in [1.165, 1.54) is 0 Å². The highest BCUT2D eigenvalue weighted by Gasteiger charge is 2.11. The Hall–Kier alpha value is -3.00. The fourth-order valence-corrected chi connectivity index (χ4v) is 2.95. The predicted molar refractivity (Wildman–Crippen MR) is 98.0 cm³/mol. The van der Waals surface area contributed by atoms with Crippen molar-refractivity contribution in [3.8, 4) is 0 Å². The molecule has 0 fully saturated rings. The van der Waals surface area contributed by atoms with Gasteiger partial charge in [0.05, 0.1) is 6.54 Å². The number of thiophene rings is 1. The molecule has 0 aliphatic heterocycles. The largest absolute Gasteiger partial charge is 0.343 e. The van der Waals surface area contributed by atoms with E-state index in [0.717, 1.165) is 4.88 Å². The van der Waals surface area contributed by atoms with E-state index in [2.05, 4.69) is 20.8 Å². The summed E-state index contributed by atoms with van der Waals surface area (Å²) in [7, 11) is 0. The van der Waals surface area contributed by atoms with Crippen molar-refractivity contribution < 1.29 is 14.1 Å². The molecular formula is C18H18N4O3S. The molecule has 7 nitrogen and oxygen atoms in total. The molecule has 3 rings (SSSR count). The molecule has 2 aromatic heterocycles. The molecule has 2 heterocycles. The van der Waals surface area contributed by atoms with Crippen molar-refractivity contribution >= 4 is 28.8 Å². The van der Waals surface area contributed by atoms with Crippen molar-refractivity contribution in [1.82, 2.24) is 15.5 Å². The lowest BCUT2D eigenvalue weighted by molar-refractivity contribution is -0.115. The maximum Gasteiger partial charge on any atom is 0.251 e. The Morgan fingerprint density at radius 3 is 2.88 bits per heavy atom. The van der Waals surface area contributed by atoms with Gasteiger partial charge in [-0.2, -0.15) is 4.98 Å². The van der Waals surface area contributed by atoms with Crippen molar-refractivity contribution in [2.45, 2.75) is 26.3 Å². The maximum atomic E-state index is 12.3. The molecule has 0 saturated heterocycles. The molecule has 0 aliphatic rings. The van der Waals surface area contributed by atoms with Gasteiger partial charge >= 0.3 is 0 Å². The van der Waals surface area contributed by atoms with Crippen LogP contribution in [0.25, 0.3) is 0 Å². The number of benzene rings is 1. The van der Waals surface area contributed by atoms with Crippen LogP contribution in [0, 0.1) is 0 Å². The van der Waals surface area contributed by atoms with Crippen LogP contribution in [-0.4, -0.2) is 22.0 Å². The third-order valence-corrected chi connectivity index (χ3v) is 4.43. The number of amides is 2. The van der Waals surface area contributed by atoms with Crippen LogP contribution in [0.4, 0.5) is 5.69 Å². The lowest BCUT2D eigenvalue weighted by Crippen LogP contribution is -2.23. The number of hydrogen-bond acceptors (Lipinski definition) is 6. The number of carbonyl (C=O) groups is 2. The second kappa shape index (κ2) is 8.39. The number of hydrogen-bond donors (Lipinski definition) is 2. The third kappa shape index (κ3) is 4.76. The Morgan fingerprint density at radius 1 is 1.23 bits per heavy atom. The average Bonchev–Trinajstić information content (AvgIpc) is 3.32. The molecule has 134 valence electrons. The summed E-state index contributed by atoms with van der Waals surface area (Å²) in [6.45, 7) is 1.91. The van der Waals surface area contributed by atoms with E-state index in [0.29, 0.717) is 35.8 Å². The summed E-state index contributed by atoms with van der Waals surface area (Å²) in [4.78, 5) is 29.1. The van der Waals surface area contributed by atoms with Gasteiger partial charge in [-0.05, 0) is 29.6 Å². The Balaban J connectivity index is 1.56. The number of aromatic nitrogens is 2. The quantitative estimate of drug-likeness (QED) is 0.666. The molecule has 0 radical (unpaired) electrons. The van der Waals surface area contributed by atoms with Crippen molar-refractivity contribution in [3.05, 3.63) is 63.9 Å². The first-order chi connectivity index (χ1) is 12.6. The van der Waals surface area contributed by atoms with Gasteiger partial charge in [0.1, 0.15) is 0 Å². The van der Waals surface area contributed by atoms with E-state index in [-0.39, 0.29) is 18.4 Å². The molecule has 0 unspecified atom stereocenters. The van der Waals surface area contributed by atoms with Crippen LogP contribution in [-0.2, 0) is 17.8 Å². The highest BCUT2D eigenvalue weighted by Crippen LogP contribution is 2.13. The summed E-state index contributed by atoms with van der Waals surface area (Å²) in [6, 6.07) is 10.7. The van der Waals surface area contributed by atoms with Gasteiger partial charge in [0, 0.05) is 29.0 Å². The first-order valence-corrected chi connectivity index (χ1v) is 9.04. The van der Waals surface area contributed by atoms with Crippen molar-refractivity contribution in [1.29, 1.82) is 0 Å². The standard InChI is InChI=1S/C18H18N4O3S/c1-2-16(23)20-13-6-3-5-12(9-13)18(24)19-11-17-21-15(22-25-17)10-14-7-4-8-26-14/h3-9H,2,10-11H2,1H3,(H,19,24)(H,20,23). The topological polar surface area (TPSA) is 97.1 Å². The number of nitrogens with zero attached hydrogens (tertiary/aromatic N) is 2. The van der Waals surface area contributed by atoms with Crippen LogP contribution in [0.2, 0.25) is 0 Å². The number of carbonyl (C=O) groups excluding carboxylic acids is 2. The molecular weight excluding hydrogens is 352 g/mol. The molecule has 1 aromatic carbocycles. The van der Waals surface area contributed by atoms with Gasteiger partial charge in [0.2, 0.25) is 11.8 Å². The fourth-order valence-electron chi connectivity index (χ4n) is 2.25. The van der Waals surface area contributed by atoms with E-state index in [4.69, 9.17) is 4.52 Å². The first-order valence-electron chi connectivity index (χ1n) is 8.16. The highest BCUT2D eigenvalue weighted by molar-refractivity contribution is 7.09. The average molecular weight is 370 g/mol. The maximum absolute atomic E-state index is 12.3. The second-order valence-corrected chi connectivity index (χ2v) is 6.56. The first kappa shape index (κ1) is 17.8. The molecule has 0 atom stereocenters. The number of nitrogens with one attached hydrogen (secondary N) is 2. The van der Waals surface area contributed by atoms with Gasteiger partial charge in [-0.3, -0.25) is 9.59 Å². The molecule has 0 saturated carbocycles. The van der Waals surface area contributed by atoms with Gasteiger partial charge in [-0.1, -0.05) is 24.2 Å². The molecule has 26 heavy (non-hydrogen) atoms. The summed E-state index contributed by atoms with van der Waals surface area (Å²) >= 11 is 1.63. The van der Waals surface area contributed by atoms with E-state index in [1.807, 2.05) is 17.5 Å². The second-order valence-electron chi connectivity index (χ2n) is 5.53. The normalized spacial score (nSPS) is 10.5. The van der Waals surface area contributed by atoms with Crippen LogP contribution >= 0.6 is 11.3 Å². The van der Waals surface area contributed by atoms with E-state index in [1.54, 1.807) is 42.5 Å². The number of rotatable bonds is 7. The summed E-state index contributed by atoms with van der Waals surface area (Å²) in [5.74, 6) is 0.545. The fraction of sp³-hybridized carbons (Fsp3) is 0.222. The Labute approximate surface area is 154 Å². The third-order valence-electron chi connectivity index (χ3n) is 3.55. The Morgan fingerprint density at radius 2 is 2.12 bits per heavy atom. The van der Waals surface area contributed by atoms with E-state index in [9.17, 15) is 9.59 Å². The summed E-state index contributed by atoms with van der Waals surface area (Å²) < 4.78 is 5.16. The van der Waals surface area contributed by atoms with Crippen molar-refractivity contribution in [2.75, 3.05) is 5.32 Å². The SMILES string of the molecule is CCC(=O)Nc1cccc(C(=O)NCc2nc(Cc3cccs3)no2)c1. The van der Waals surface area contributed by atoms with Crippen LogP contribution in [0.15, 0.2) is 46.3 Å². The summed E-state index contributed by atoms with van der Waals surface area (Å²) in [6.07, 6.45) is 0.982. The highest BCUT2D eigenvalue weighted by atomic mass is 32.1. The monoisotopic (exact) mass is 370 g/mol. The van der Waals surface area contributed by atoms with Gasteiger partial charge in [0.25, 0.3) is 5.91 Å². The van der Waals surface area contributed by atoms with Crippen LogP contribution in [0.1, 0.15) is 40.3 Å². The van der Waals surface area contributed by atoms with Crippen LogP contribution in [0.3, 0.4) is 0 Å². The van der Waals surface area contributed by atoms with Gasteiger partial charge in [-0.25, -0.2) is 0 Å². The van der Waals surface area contributed by atoms with Crippen molar-refractivity contribution in [3.63, 3.8) is 0 Å². The Bertz CT molecular complexity index is 889. The molecule has 0 aliphatic carbocycles. The number of anilines is 1. The van der Waals surface area contributed by atoms with Crippen molar-refractivity contribution in [2.24, 2.45) is 0 Å². The van der Waals surface area contributed by atoms with E-state index < -0.39 is 0 Å². The van der Waals surface area contributed by atoms with Crippen LogP contribution < -0.4 is 10.6 Å². The molecule has 2 amide bonds. The summed E-state index contributed by atoms with van der Waals surface area (Å²) in [5.41, 5.74) is 1.03. The molecule has 3 aromatic rings. The zero-order valence-electron chi connectivity index (χ0n) is 14.2. The Kier molecular flexibility index (Phi) is 5.75. The van der Waals surface area contributed by atoms with Crippen LogP contribution in [0.5, 0.6) is 0 Å². The molecule has 8 heteroatoms.